The first-order valence-electron chi connectivity index (χ1n) is 10.2. The van der Waals surface area contributed by atoms with E-state index < -0.39 is 6.10 Å². The first kappa shape index (κ1) is 19.3. The Hall–Kier alpha value is -1.42. The van der Waals surface area contributed by atoms with E-state index in [1.807, 2.05) is 29.1 Å². The van der Waals surface area contributed by atoms with E-state index in [1.165, 1.54) is 0 Å². The third kappa shape index (κ3) is 3.40. The van der Waals surface area contributed by atoms with E-state index in [-0.39, 0.29) is 22.8 Å². The van der Waals surface area contributed by atoms with E-state index >= 15 is 0 Å². The van der Waals surface area contributed by atoms with Crippen molar-refractivity contribution in [2.75, 3.05) is 0 Å². The Kier molecular flexibility index (Phi) is 5.17. The van der Waals surface area contributed by atoms with Crippen molar-refractivity contribution in [1.29, 1.82) is 0 Å². The molecule has 1 N–H and O–H groups in total. The predicted molar refractivity (Wildman–Crippen MR) is 107 cm³/mol. The smallest absolute Gasteiger partial charge is 0.113 e. The van der Waals surface area contributed by atoms with E-state index in [4.69, 9.17) is 10.2 Å². The normalized spacial score (nSPS) is 27.8. The van der Waals surface area contributed by atoms with Crippen LogP contribution in [-0.2, 0) is 0 Å². The van der Waals surface area contributed by atoms with Crippen LogP contribution in [0, 0.1) is 22.7 Å². The van der Waals surface area contributed by atoms with Crippen molar-refractivity contribution in [1.82, 2.24) is 15.0 Å². The van der Waals surface area contributed by atoms with Gasteiger partial charge in [0.15, 0.2) is 0 Å². The van der Waals surface area contributed by atoms with Crippen LogP contribution in [0.1, 0.15) is 73.3 Å². The van der Waals surface area contributed by atoms with Crippen LogP contribution in [0.15, 0.2) is 24.3 Å². The second-order valence-electron chi connectivity index (χ2n) is 9.53. The van der Waals surface area contributed by atoms with E-state index in [1.54, 1.807) is 0 Å². The molecule has 2 aromatic rings. The Balaban J connectivity index is 2.01. The van der Waals surface area contributed by atoms with Gasteiger partial charge in [0.05, 0.1) is 12.1 Å². The Morgan fingerprint density at radius 2 is 1.50 bits per heavy atom. The molecule has 1 aromatic carbocycles. The van der Waals surface area contributed by atoms with E-state index in [0.29, 0.717) is 5.92 Å². The summed E-state index contributed by atoms with van der Waals surface area (Å²) in [5.74, 6) is 0.821. The molecule has 1 aliphatic rings. The van der Waals surface area contributed by atoms with Gasteiger partial charge in [0.1, 0.15) is 11.0 Å². The lowest BCUT2D eigenvalue weighted by molar-refractivity contribution is -0.0770. The number of aliphatic hydroxyl groups is 1. The van der Waals surface area contributed by atoms with Crippen molar-refractivity contribution in [3.05, 3.63) is 24.3 Å². The van der Waals surface area contributed by atoms with Gasteiger partial charge in [0, 0.05) is 0 Å². The maximum atomic E-state index is 11.3. The predicted octanol–water partition coefficient (Wildman–Crippen LogP) is 5.23. The van der Waals surface area contributed by atoms with Crippen molar-refractivity contribution in [2.24, 2.45) is 22.7 Å². The second kappa shape index (κ2) is 6.95. The summed E-state index contributed by atoms with van der Waals surface area (Å²) in [7, 11) is 0. The Morgan fingerprint density at radius 3 is 2.00 bits per heavy atom. The fourth-order valence-electron chi connectivity index (χ4n) is 4.47. The fraction of sp³-hybridized carbons (Fsp3) is 0.727. The van der Waals surface area contributed by atoms with Gasteiger partial charge in [-0.2, -0.15) is 15.0 Å². The largest absolute Gasteiger partial charge is 0.391 e. The molecule has 0 amide bonds. The van der Waals surface area contributed by atoms with E-state index in [2.05, 4.69) is 41.5 Å². The maximum Gasteiger partial charge on any atom is 0.113 e. The summed E-state index contributed by atoms with van der Waals surface area (Å²) >= 11 is 0. The van der Waals surface area contributed by atoms with Crippen LogP contribution in [0.4, 0.5) is 0 Å². The van der Waals surface area contributed by atoms with Gasteiger partial charge >= 0.3 is 0 Å². The maximum absolute atomic E-state index is 11.3. The number of nitrogens with zero attached hydrogens (tertiary/aromatic N) is 3. The van der Waals surface area contributed by atoms with Gasteiger partial charge < -0.3 is 5.11 Å². The van der Waals surface area contributed by atoms with Crippen molar-refractivity contribution in [3.8, 4) is 0 Å². The van der Waals surface area contributed by atoms with Gasteiger partial charge in [0.2, 0.25) is 0 Å². The molecule has 0 saturated heterocycles. The minimum atomic E-state index is -0.407. The van der Waals surface area contributed by atoms with Crippen molar-refractivity contribution in [3.63, 3.8) is 0 Å². The molecule has 1 saturated carbocycles. The molecule has 4 atom stereocenters. The zero-order chi connectivity index (χ0) is 19.1. The third-order valence-electron chi connectivity index (χ3n) is 7.40. The molecule has 144 valence electrons. The Morgan fingerprint density at radius 1 is 0.962 bits per heavy atom. The van der Waals surface area contributed by atoms with Crippen molar-refractivity contribution < 1.29 is 5.11 Å². The third-order valence-corrected chi connectivity index (χ3v) is 7.40. The number of benzene rings is 1. The van der Waals surface area contributed by atoms with Crippen LogP contribution in [0.25, 0.3) is 11.0 Å². The minimum absolute atomic E-state index is 0.0530. The molecule has 4 heteroatoms. The minimum Gasteiger partial charge on any atom is -0.391 e. The molecule has 0 bridgehead atoms. The molecular formula is C22H35N3O. The monoisotopic (exact) mass is 357 g/mol. The fourth-order valence-corrected chi connectivity index (χ4v) is 4.47. The average Bonchev–Trinajstić information content (AvgIpc) is 3.05. The van der Waals surface area contributed by atoms with Crippen LogP contribution in [0.3, 0.4) is 0 Å². The van der Waals surface area contributed by atoms with Crippen LogP contribution in [-0.4, -0.2) is 26.2 Å². The molecule has 1 heterocycles. The van der Waals surface area contributed by atoms with Crippen LogP contribution in [0.2, 0.25) is 0 Å². The molecule has 1 fully saturated rings. The summed E-state index contributed by atoms with van der Waals surface area (Å²) in [6.45, 7) is 13.8. The molecule has 0 radical (unpaired) electrons. The standard InChI is InChI=1S/C22H35N3O/c1-7-21(3,4)15-13-16(22(5,6)8-2)20(26)19(14-15)25-23-17-11-9-10-12-18(17)24-25/h9-12,15-16,19-20,26H,7-8,13-14H2,1-6H3. The summed E-state index contributed by atoms with van der Waals surface area (Å²) < 4.78 is 0. The van der Waals surface area contributed by atoms with Gasteiger partial charge in [-0.05, 0) is 47.6 Å². The number of fused-ring (bicyclic) bond motifs is 1. The van der Waals surface area contributed by atoms with Crippen LogP contribution < -0.4 is 0 Å². The highest BCUT2D eigenvalue weighted by molar-refractivity contribution is 5.73. The first-order valence-corrected chi connectivity index (χ1v) is 10.2. The highest BCUT2D eigenvalue weighted by atomic mass is 16.3. The summed E-state index contributed by atoms with van der Waals surface area (Å²) in [6, 6.07) is 7.92. The molecule has 4 unspecified atom stereocenters. The lowest BCUT2D eigenvalue weighted by Gasteiger charge is -2.49. The molecule has 4 nitrogen and oxygen atoms in total. The second-order valence-corrected chi connectivity index (χ2v) is 9.53. The van der Waals surface area contributed by atoms with Crippen molar-refractivity contribution in [2.45, 2.75) is 79.4 Å². The Bertz CT molecular complexity index is 716. The van der Waals surface area contributed by atoms with Crippen molar-refractivity contribution >= 4 is 11.0 Å². The Labute approximate surface area is 158 Å². The molecule has 1 aliphatic carbocycles. The molecule has 3 rings (SSSR count). The van der Waals surface area contributed by atoms with Gasteiger partial charge in [-0.15, -0.1) is 0 Å². The molecular weight excluding hydrogens is 322 g/mol. The number of aliphatic hydroxyl groups excluding tert-OH is 1. The average molecular weight is 358 g/mol. The van der Waals surface area contributed by atoms with E-state index in [0.717, 1.165) is 36.7 Å². The molecule has 0 spiro atoms. The summed E-state index contributed by atoms with van der Waals surface area (Å²) in [4.78, 5) is 1.81. The highest BCUT2D eigenvalue weighted by Crippen LogP contribution is 2.51. The van der Waals surface area contributed by atoms with Crippen LogP contribution in [0.5, 0.6) is 0 Å². The van der Waals surface area contributed by atoms with Crippen LogP contribution >= 0.6 is 0 Å². The van der Waals surface area contributed by atoms with Gasteiger partial charge in [-0.3, -0.25) is 0 Å². The number of aromatic nitrogens is 3. The SMILES string of the molecule is CCC(C)(C)C1CC(n2nc3ccccc3n2)C(O)C(C(C)(C)CC)C1. The zero-order valence-corrected chi connectivity index (χ0v) is 17.2. The number of rotatable bonds is 5. The van der Waals surface area contributed by atoms with E-state index in [9.17, 15) is 5.11 Å². The molecule has 0 aliphatic heterocycles. The zero-order valence-electron chi connectivity index (χ0n) is 17.2. The molecule has 1 aromatic heterocycles. The number of hydrogen-bond acceptors (Lipinski definition) is 3. The lowest BCUT2D eigenvalue weighted by atomic mass is 9.59. The summed E-state index contributed by atoms with van der Waals surface area (Å²) in [6.07, 6.45) is 3.83. The van der Waals surface area contributed by atoms with Gasteiger partial charge in [-0.1, -0.05) is 66.5 Å². The molecule has 26 heavy (non-hydrogen) atoms. The van der Waals surface area contributed by atoms with Gasteiger partial charge in [-0.25, -0.2) is 0 Å². The highest BCUT2D eigenvalue weighted by Gasteiger charge is 2.47. The number of hydrogen-bond donors (Lipinski definition) is 1. The summed E-state index contributed by atoms with van der Waals surface area (Å²) in [5.41, 5.74) is 2.17. The first-order chi connectivity index (χ1) is 12.2. The lowest BCUT2D eigenvalue weighted by Crippen LogP contribution is -2.48. The van der Waals surface area contributed by atoms with Gasteiger partial charge in [0.25, 0.3) is 0 Å². The quantitative estimate of drug-likeness (QED) is 0.797. The topological polar surface area (TPSA) is 50.9 Å². The summed E-state index contributed by atoms with van der Waals surface area (Å²) in [5, 5.41) is 20.8.